The molecule has 1 aliphatic rings. The van der Waals surface area contributed by atoms with Gasteiger partial charge in [-0.25, -0.2) is 14.6 Å². The number of carboxylic acid groups (broad SMARTS) is 1. The fraction of sp³-hybridized carbons (Fsp3) is 0.389. The van der Waals surface area contributed by atoms with E-state index >= 15 is 0 Å². The smallest absolute Gasteiger partial charge is 0.411 e. The van der Waals surface area contributed by atoms with E-state index in [1.54, 1.807) is 11.0 Å². The fourth-order valence-electron chi connectivity index (χ4n) is 2.90. The van der Waals surface area contributed by atoms with Gasteiger partial charge in [0, 0.05) is 6.54 Å². The molecular formula is C18H21N3O4. The van der Waals surface area contributed by atoms with Crippen molar-refractivity contribution in [2.24, 2.45) is 0 Å². The van der Waals surface area contributed by atoms with Gasteiger partial charge in [0.05, 0.1) is 16.6 Å². The molecule has 2 aromatic rings. The number of fused-ring (bicyclic) bond motifs is 1. The number of aromatic amines is 1. The summed E-state index contributed by atoms with van der Waals surface area (Å²) >= 11 is 0. The molecule has 1 amide bonds. The lowest BCUT2D eigenvalue weighted by molar-refractivity contribution is 0.0231. The molecule has 1 fully saturated rings. The lowest BCUT2D eigenvalue weighted by Crippen LogP contribution is -2.36. The molecule has 0 aliphatic carbocycles. The number of aromatic carboxylic acids is 1. The van der Waals surface area contributed by atoms with Crippen LogP contribution in [0.3, 0.4) is 0 Å². The number of likely N-dealkylation sites (tertiary alicyclic amines) is 1. The van der Waals surface area contributed by atoms with Crippen LogP contribution in [0.4, 0.5) is 4.79 Å². The second-order valence-corrected chi connectivity index (χ2v) is 7.14. The summed E-state index contributed by atoms with van der Waals surface area (Å²) in [6.45, 7) is 10.0. The summed E-state index contributed by atoms with van der Waals surface area (Å²) < 4.78 is 5.47. The Kier molecular flexibility index (Phi) is 4.02. The van der Waals surface area contributed by atoms with E-state index in [1.807, 2.05) is 20.8 Å². The molecule has 0 saturated carbocycles. The van der Waals surface area contributed by atoms with Crippen LogP contribution in [0.15, 0.2) is 30.4 Å². The van der Waals surface area contributed by atoms with E-state index in [-0.39, 0.29) is 5.56 Å². The van der Waals surface area contributed by atoms with E-state index in [0.29, 0.717) is 29.8 Å². The Labute approximate surface area is 145 Å². The van der Waals surface area contributed by atoms with Gasteiger partial charge in [0.25, 0.3) is 0 Å². The first-order chi connectivity index (χ1) is 11.7. The number of ether oxygens (including phenoxy) is 1. The number of carboxylic acids is 1. The number of carbonyl (C=O) groups is 2. The van der Waals surface area contributed by atoms with Crippen molar-refractivity contribution in [2.75, 3.05) is 6.54 Å². The zero-order valence-electron chi connectivity index (χ0n) is 14.5. The molecular weight excluding hydrogens is 322 g/mol. The molecule has 132 valence electrons. The number of carbonyl (C=O) groups excluding carboxylic acids is 1. The van der Waals surface area contributed by atoms with Gasteiger partial charge in [-0.3, -0.25) is 4.90 Å². The van der Waals surface area contributed by atoms with Gasteiger partial charge in [-0.05, 0) is 51.0 Å². The van der Waals surface area contributed by atoms with Crippen LogP contribution in [0, 0.1) is 0 Å². The molecule has 1 saturated heterocycles. The largest absolute Gasteiger partial charge is 0.478 e. The number of amides is 1. The lowest BCUT2D eigenvalue weighted by Gasteiger charge is -2.27. The van der Waals surface area contributed by atoms with E-state index in [9.17, 15) is 9.59 Å². The van der Waals surface area contributed by atoms with Gasteiger partial charge >= 0.3 is 12.1 Å². The van der Waals surface area contributed by atoms with Crippen LogP contribution in [0.2, 0.25) is 0 Å². The number of H-pyrrole nitrogens is 1. The number of rotatable bonds is 2. The number of aromatic nitrogens is 2. The molecule has 0 unspecified atom stereocenters. The highest BCUT2D eigenvalue weighted by molar-refractivity contribution is 5.92. The molecule has 0 spiro atoms. The second kappa shape index (κ2) is 5.91. The Morgan fingerprint density at radius 1 is 1.40 bits per heavy atom. The predicted octanol–water partition coefficient (Wildman–Crippen LogP) is 3.50. The third kappa shape index (κ3) is 3.35. The zero-order chi connectivity index (χ0) is 18.4. The molecule has 1 aromatic carbocycles. The highest BCUT2D eigenvalue weighted by Gasteiger charge is 2.37. The van der Waals surface area contributed by atoms with E-state index in [4.69, 9.17) is 9.84 Å². The number of imidazole rings is 1. The normalized spacial score (nSPS) is 18.0. The van der Waals surface area contributed by atoms with Crippen molar-refractivity contribution in [1.29, 1.82) is 0 Å². The van der Waals surface area contributed by atoms with E-state index in [2.05, 4.69) is 16.5 Å². The third-order valence-corrected chi connectivity index (χ3v) is 4.01. The number of hydrogen-bond donors (Lipinski definition) is 2. The minimum Gasteiger partial charge on any atom is -0.478 e. The van der Waals surface area contributed by atoms with Crippen LogP contribution in [0.5, 0.6) is 0 Å². The molecule has 3 rings (SSSR count). The summed E-state index contributed by atoms with van der Waals surface area (Å²) in [5.41, 5.74) is 1.71. The van der Waals surface area contributed by atoms with Crippen molar-refractivity contribution in [3.8, 4) is 0 Å². The number of nitrogens with one attached hydrogen (secondary N) is 1. The average Bonchev–Trinajstić information content (AvgIpc) is 3.07. The first-order valence-electron chi connectivity index (χ1n) is 8.06. The molecule has 0 bridgehead atoms. The molecule has 7 nitrogen and oxygen atoms in total. The average molecular weight is 343 g/mol. The Morgan fingerprint density at radius 2 is 2.12 bits per heavy atom. The second-order valence-electron chi connectivity index (χ2n) is 7.14. The molecule has 25 heavy (non-hydrogen) atoms. The minimum atomic E-state index is -1.00. The van der Waals surface area contributed by atoms with Crippen molar-refractivity contribution < 1.29 is 19.4 Å². The molecule has 2 heterocycles. The Morgan fingerprint density at radius 3 is 2.76 bits per heavy atom. The van der Waals surface area contributed by atoms with Crippen LogP contribution in [0.1, 0.15) is 49.4 Å². The molecule has 0 radical (unpaired) electrons. The first kappa shape index (κ1) is 17.0. The molecule has 7 heteroatoms. The van der Waals surface area contributed by atoms with E-state index in [1.165, 1.54) is 12.1 Å². The van der Waals surface area contributed by atoms with Gasteiger partial charge in [0.2, 0.25) is 0 Å². The van der Waals surface area contributed by atoms with Gasteiger partial charge in [-0.15, -0.1) is 0 Å². The zero-order valence-corrected chi connectivity index (χ0v) is 14.5. The van der Waals surface area contributed by atoms with Crippen LogP contribution in [0.25, 0.3) is 11.0 Å². The topological polar surface area (TPSA) is 95.5 Å². The molecule has 1 aromatic heterocycles. The summed E-state index contributed by atoms with van der Waals surface area (Å²) in [5.74, 6) is -0.440. The van der Waals surface area contributed by atoms with Crippen molar-refractivity contribution in [1.82, 2.24) is 14.9 Å². The molecule has 1 atom stereocenters. The van der Waals surface area contributed by atoms with E-state index < -0.39 is 23.7 Å². The highest BCUT2D eigenvalue weighted by atomic mass is 16.6. The summed E-state index contributed by atoms with van der Waals surface area (Å²) in [6.07, 6.45) is 0.254. The first-order valence-corrected chi connectivity index (χ1v) is 8.06. The monoisotopic (exact) mass is 343 g/mol. The predicted molar refractivity (Wildman–Crippen MR) is 92.5 cm³/mol. The Hall–Kier alpha value is -2.83. The number of hydrogen-bond acceptors (Lipinski definition) is 4. The van der Waals surface area contributed by atoms with Gasteiger partial charge in [-0.2, -0.15) is 0 Å². The third-order valence-electron chi connectivity index (χ3n) is 4.01. The van der Waals surface area contributed by atoms with Crippen molar-refractivity contribution in [2.45, 2.75) is 38.8 Å². The summed E-state index contributed by atoms with van der Waals surface area (Å²) in [7, 11) is 0. The van der Waals surface area contributed by atoms with Gasteiger partial charge in [0.15, 0.2) is 0 Å². The number of nitrogens with zero attached hydrogens (tertiary/aromatic N) is 2. The summed E-state index contributed by atoms with van der Waals surface area (Å²) in [5, 5.41) is 9.11. The minimum absolute atomic E-state index is 0.178. The maximum Gasteiger partial charge on any atom is 0.411 e. The maximum atomic E-state index is 12.5. The van der Waals surface area contributed by atoms with Gasteiger partial charge in [-0.1, -0.05) is 6.58 Å². The van der Waals surface area contributed by atoms with Crippen LogP contribution >= 0.6 is 0 Å². The van der Waals surface area contributed by atoms with Crippen molar-refractivity contribution >= 4 is 23.1 Å². The van der Waals surface area contributed by atoms with Crippen LogP contribution in [-0.2, 0) is 4.74 Å². The maximum absolute atomic E-state index is 12.5. The van der Waals surface area contributed by atoms with Gasteiger partial charge < -0.3 is 14.8 Å². The number of benzene rings is 1. The highest BCUT2D eigenvalue weighted by Crippen LogP contribution is 2.36. The SMILES string of the molecule is C=C1CCN(C(=O)OC(C)(C)C)[C@@H]1c1nc2ccc(C(=O)O)cc2[nH]1. The summed E-state index contributed by atoms with van der Waals surface area (Å²) in [6, 6.07) is 4.28. The standard InChI is InChI=1S/C18H21N3O4/c1-10-7-8-21(17(24)25-18(2,3)4)14(10)15-19-12-6-5-11(16(22)23)9-13(12)20-15/h5-6,9,14H,1,7-8H2,2-4H3,(H,19,20)(H,22,23)/t14-/m0/s1. The van der Waals surface area contributed by atoms with Gasteiger partial charge in [0.1, 0.15) is 17.5 Å². The van der Waals surface area contributed by atoms with Crippen LogP contribution in [-0.4, -0.2) is 44.2 Å². The van der Waals surface area contributed by atoms with Crippen molar-refractivity contribution in [3.05, 3.63) is 41.7 Å². The Bertz CT molecular complexity index is 863. The van der Waals surface area contributed by atoms with Crippen molar-refractivity contribution in [3.63, 3.8) is 0 Å². The Balaban J connectivity index is 1.95. The molecule has 1 aliphatic heterocycles. The van der Waals surface area contributed by atoms with Crippen LogP contribution < -0.4 is 0 Å². The quantitative estimate of drug-likeness (QED) is 0.814. The van der Waals surface area contributed by atoms with E-state index in [0.717, 1.165) is 5.57 Å². The molecule has 2 N–H and O–H groups in total. The summed E-state index contributed by atoms with van der Waals surface area (Å²) in [4.78, 5) is 32.9. The fourth-order valence-corrected chi connectivity index (χ4v) is 2.90. The lowest BCUT2D eigenvalue weighted by atomic mass is 10.1.